The van der Waals surface area contributed by atoms with Crippen LogP contribution in [-0.4, -0.2) is 33.9 Å². The van der Waals surface area contributed by atoms with E-state index in [0.717, 1.165) is 11.3 Å². The Kier molecular flexibility index (Phi) is 12.6. The summed E-state index contributed by atoms with van der Waals surface area (Å²) in [5, 5.41) is 8.22. The fraction of sp³-hybridized carbons (Fsp3) is 0.583. The number of benzene rings is 1. The number of hydrogen-bond acceptors (Lipinski definition) is 5. The molecule has 2 rings (SSSR count). The summed E-state index contributed by atoms with van der Waals surface area (Å²) < 4.78 is 6.48. The van der Waals surface area contributed by atoms with Gasteiger partial charge in [-0.05, 0) is 74.9 Å². The number of Topliss-reactive ketones (excluding diaryl/α,β-unsaturated/α-hetero) is 1. The van der Waals surface area contributed by atoms with Crippen molar-refractivity contribution in [3.05, 3.63) is 44.8 Å². The molecule has 1 unspecified atom stereocenters. The average Bonchev–Trinajstić information content (AvgIpc) is 3.07. The molecule has 2 aromatic rings. The monoisotopic (exact) mass is 653 g/mol. The van der Waals surface area contributed by atoms with Crippen LogP contribution in [0, 0.1) is 72.7 Å². The Balaban J connectivity index is 0.00000291. The number of nitrogens with zero attached hydrogens (tertiary/aromatic N) is 3. The molecular weight excluding hydrogens is 616 g/mol. The van der Waals surface area contributed by atoms with E-state index in [1.165, 1.54) is 34.9 Å². The molecule has 1 atom stereocenters. The van der Waals surface area contributed by atoms with Gasteiger partial charge in [-0.25, -0.2) is 0 Å². The first-order chi connectivity index (χ1) is 14.1. The molecule has 0 N–H and O–H groups in total. The van der Waals surface area contributed by atoms with Crippen molar-refractivity contribution >= 4 is 11.8 Å². The molecule has 1 heterocycles. The van der Waals surface area contributed by atoms with Gasteiger partial charge in [-0.1, -0.05) is 19.1 Å². The number of ether oxygens (including phenoxy) is 1. The predicted molar refractivity (Wildman–Crippen MR) is 120 cm³/mol. The molecule has 170 valence electrons. The van der Waals surface area contributed by atoms with Gasteiger partial charge >= 0.3 is 5.97 Å². The molecule has 1 aromatic heterocycles. The number of rotatable bonds is 7. The first kappa shape index (κ1) is 29.6. The molecule has 0 aliphatic rings. The standard InChI is InChI=1S/C22H31N3O3.C2H6.U/c1-12-13(2)15(4)20(16(5)14(12)3)11-19(26)9-18(10-21(27)28-8)22-17(6)25(7)24-23-22;1-2;/h18H,9-11H2,1-8H3;1-2H3;. The number of aromatic nitrogens is 3. The Morgan fingerprint density at radius 2 is 1.39 bits per heavy atom. The summed E-state index contributed by atoms with van der Waals surface area (Å²) in [7, 11) is 3.16. The first-order valence-corrected chi connectivity index (χ1v) is 10.6. The van der Waals surface area contributed by atoms with Crippen LogP contribution in [0.5, 0.6) is 0 Å². The van der Waals surface area contributed by atoms with Crippen LogP contribution in [0.4, 0.5) is 0 Å². The number of hydrogen-bond donors (Lipinski definition) is 0. The van der Waals surface area contributed by atoms with Gasteiger partial charge in [0.1, 0.15) is 5.78 Å². The SMILES string of the molecule is CC.COC(=O)CC(CC(=O)Cc1c(C)c(C)c(C)c(C)c1C)c1nnn(C)c1C.[U]. The minimum absolute atomic E-state index is 0. The average molecular weight is 654 g/mol. The van der Waals surface area contributed by atoms with Crippen LogP contribution in [0.2, 0.25) is 0 Å². The third kappa shape index (κ3) is 7.02. The van der Waals surface area contributed by atoms with Crippen LogP contribution >= 0.6 is 0 Å². The number of carbonyl (C=O) groups excluding carboxylic acids is 2. The summed E-state index contributed by atoms with van der Waals surface area (Å²) in [5.41, 5.74) is 8.75. The van der Waals surface area contributed by atoms with E-state index in [0.29, 0.717) is 12.1 Å². The molecule has 0 amide bonds. The van der Waals surface area contributed by atoms with Gasteiger partial charge in [-0.15, -0.1) is 5.10 Å². The zero-order valence-corrected chi connectivity index (χ0v) is 24.9. The number of methoxy groups -OCH3 is 1. The van der Waals surface area contributed by atoms with Crippen LogP contribution in [0.25, 0.3) is 0 Å². The Hall–Kier alpha value is -1.45. The van der Waals surface area contributed by atoms with Crippen molar-refractivity contribution in [3.63, 3.8) is 0 Å². The summed E-state index contributed by atoms with van der Waals surface area (Å²) in [6.45, 7) is 16.4. The third-order valence-corrected chi connectivity index (χ3v) is 6.17. The van der Waals surface area contributed by atoms with Gasteiger partial charge in [-0.2, -0.15) is 0 Å². The van der Waals surface area contributed by atoms with Gasteiger partial charge in [0, 0.05) is 56.9 Å². The molecule has 0 fully saturated rings. The molecule has 0 spiro atoms. The molecule has 0 radical (unpaired) electrons. The van der Waals surface area contributed by atoms with Crippen LogP contribution in [0.15, 0.2) is 0 Å². The molecular formula is C24H37N3O3U. The van der Waals surface area contributed by atoms with Gasteiger partial charge < -0.3 is 4.74 Å². The number of aryl methyl sites for hydroxylation is 1. The molecule has 0 aliphatic heterocycles. The van der Waals surface area contributed by atoms with E-state index < -0.39 is 0 Å². The summed E-state index contributed by atoms with van der Waals surface area (Å²) >= 11 is 0. The normalized spacial score (nSPS) is 11.2. The Labute approximate surface area is 210 Å². The summed E-state index contributed by atoms with van der Waals surface area (Å²) in [5.74, 6) is -0.591. The van der Waals surface area contributed by atoms with E-state index in [-0.39, 0.29) is 61.6 Å². The zero-order valence-electron chi connectivity index (χ0n) is 20.8. The fourth-order valence-electron chi connectivity index (χ4n) is 3.73. The van der Waals surface area contributed by atoms with Crippen molar-refractivity contribution in [2.45, 2.75) is 80.6 Å². The number of ketones is 1. The summed E-state index contributed by atoms with van der Waals surface area (Å²) in [4.78, 5) is 24.9. The van der Waals surface area contributed by atoms with Crippen LogP contribution in [-0.2, 0) is 27.8 Å². The fourth-order valence-corrected chi connectivity index (χ4v) is 3.73. The van der Waals surface area contributed by atoms with E-state index in [1.54, 1.807) is 11.7 Å². The van der Waals surface area contributed by atoms with Crippen LogP contribution < -0.4 is 0 Å². The van der Waals surface area contributed by atoms with Crippen molar-refractivity contribution in [2.75, 3.05) is 7.11 Å². The van der Waals surface area contributed by atoms with E-state index in [2.05, 4.69) is 44.9 Å². The molecule has 31 heavy (non-hydrogen) atoms. The molecule has 0 saturated heterocycles. The predicted octanol–water partition coefficient (Wildman–Crippen LogP) is 4.54. The minimum Gasteiger partial charge on any atom is -0.469 e. The van der Waals surface area contributed by atoms with Gasteiger partial charge in [0.25, 0.3) is 0 Å². The molecule has 0 bridgehead atoms. The molecule has 0 saturated carbocycles. The Bertz CT molecular complexity index is 890. The van der Waals surface area contributed by atoms with Gasteiger partial charge in [0.15, 0.2) is 0 Å². The Morgan fingerprint density at radius 3 is 1.81 bits per heavy atom. The third-order valence-electron chi connectivity index (χ3n) is 6.17. The number of carbonyl (C=O) groups is 2. The minimum atomic E-state index is -0.350. The summed E-state index contributed by atoms with van der Waals surface area (Å²) in [6, 6.07) is 0. The maximum Gasteiger partial charge on any atom is 0.306 e. The van der Waals surface area contributed by atoms with Gasteiger partial charge in [0.05, 0.1) is 24.9 Å². The molecule has 1 aromatic carbocycles. The van der Waals surface area contributed by atoms with Crippen molar-refractivity contribution in [2.24, 2.45) is 7.05 Å². The van der Waals surface area contributed by atoms with E-state index in [9.17, 15) is 9.59 Å². The van der Waals surface area contributed by atoms with Gasteiger partial charge in [-0.3, -0.25) is 14.3 Å². The van der Waals surface area contributed by atoms with Crippen LogP contribution in [0.1, 0.15) is 77.4 Å². The smallest absolute Gasteiger partial charge is 0.306 e. The van der Waals surface area contributed by atoms with Crippen molar-refractivity contribution in [1.29, 1.82) is 0 Å². The molecule has 7 heteroatoms. The van der Waals surface area contributed by atoms with Crippen LogP contribution in [0.3, 0.4) is 0 Å². The molecule has 0 aliphatic carbocycles. The van der Waals surface area contributed by atoms with E-state index in [4.69, 9.17) is 4.74 Å². The largest absolute Gasteiger partial charge is 0.469 e. The number of esters is 1. The second-order valence-corrected chi connectivity index (χ2v) is 7.68. The maximum absolute atomic E-state index is 13.0. The second kappa shape index (κ2) is 13.2. The maximum atomic E-state index is 13.0. The first-order valence-electron chi connectivity index (χ1n) is 10.6. The van der Waals surface area contributed by atoms with E-state index in [1.807, 2.05) is 20.8 Å². The summed E-state index contributed by atoms with van der Waals surface area (Å²) in [6.07, 6.45) is 0.710. The van der Waals surface area contributed by atoms with Crippen molar-refractivity contribution in [3.8, 4) is 0 Å². The van der Waals surface area contributed by atoms with Crippen molar-refractivity contribution < 1.29 is 45.4 Å². The van der Waals surface area contributed by atoms with Crippen molar-refractivity contribution in [1.82, 2.24) is 15.0 Å². The Morgan fingerprint density at radius 1 is 0.903 bits per heavy atom. The molecule has 6 nitrogen and oxygen atoms in total. The zero-order chi connectivity index (χ0) is 23.2. The van der Waals surface area contributed by atoms with Gasteiger partial charge in [0.2, 0.25) is 0 Å². The second-order valence-electron chi connectivity index (χ2n) is 7.68. The topological polar surface area (TPSA) is 74.1 Å². The quantitative estimate of drug-likeness (QED) is 0.411. The van der Waals surface area contributed by atoms with E-state index >= 15 is 0 Å².